The third-order valence-electron chi connectivity index (χ3n) is 2.38. The van der Waals surface area contributed by atoms with Crippen molar-refractivity contribution in [3.8, 4) is 0 Å². The van der Waals surface area contributed by atoms with Gasteiger partial charge in [-0.15, -0.1) is 0 Å². The molecule has 1 aromatic rings. The summed E-state index contributed by atoms with van der Waals surface area (Å²) >= 11 is 5.82. The number of nitrogens with one attached hydrogen (secondary N) is 1. The van der Waals surface area contributed by atoms with Crippen LogP contribution in [0.4, 0.5) is 19.0 Å². The van der Waals surface area contributed by atoms with Gasteiger partial charge in [-0.05, 0) is 12.1 Å². The Bertz CT molecular complexity index is 465. The third-order valence-corrected chi connectivity index (χ3v) is 2.69. The fraction of sp³-hybridized carbons (Fsp3) is 0.455. The summed E-state index contributed by atoms with van der Waals surface area (Å²) in [4.78, 5) is 16.8. The lowest BCUT2D eigenvalue weighted by Crippen LogP contribution is -2.31. The van der Waals surface area contributed by atoms with Crippen LogP contribution < -0.4 is 5.32 Å². The predicted octanol–water partition coefficient (Wildman–Crippen LogP) is 2.80. The Kier molecular flexibility index (Phi) is 4.99. The normalized spacial score (nSPS) is 11.3. The predicted molar refractivity (Wildman–Crippen MR) is 66.4 cm³/mol. The van der Waals surface area contributed by atoms with Crippen LogP contribution in [0.25, 0.3) is 0 Å². The zero-order valence-electron chi connectivity index (χ0n) is 10.4. The van der Waals surface area contributed by atoms with E-state index in [1.165, 1.54) is 13.1 Å². The molecule has 4 nitrogen and oxygen atoms in total. The summed E-state index contributed by atoms with van der Waals surface area (Å²) in [6, 6.07) is 3.03. The molecule has 0 fully saturated rings. The highest BCUT2D eigenvalue weighted by Crippen LogP contribution is 2.21. The molecule has 0 saturated carbocycles. The SMILES string of the molecule is CNc1ccc(Cl)c(C(=O)N(C)CCC(F)(F)F)n1. The number of halogens is 4. The lowest BCUT2D eigenvalue weighted by atomic mass is 10.3. The number of hydrogen-bond acceptors (Lipinski definition) is 3. The number of carbonyl (C=O) groups excluding carboxylic acids is 1. The average Bonchev–Trinajstić information content (AvgIpc) is 2.35. The van der Waals surface area contributed by atoms with Crippen molar-refractivity contribution < 1.29 is 18.0 Å². The van der Waals surface area contributed by atoms with Crippen molar-refractivity contribution in [3.63, 3.8) is 0 Å². The van der Waals surface area contributed by atoms with Crippen LogP contribution in [0.5, 0.6) is 0 Å². The highest BCUT2D eigenvalue weighted by molar-refractivity contribution is 6.33. The average molecular weight is 296 g/mol. The van der Waals surface area contributed by atoms with Crippen molar-refractivity contribution in [3.05, 3.63) is 22.8 Å². The Morgan fingerprint density at radius 1 is 1.47 bits per heavy atom. The van der Waals surface area contributed by atoms with Gasteiger partial charge in [0.2, 0.25) is 0 Å². The van der Waals surface area contributed by atoms with Crippen LogP contribution >= 0.6 is 11.6 Å². The van der Waals surface area contributed by atoms with Crippen molar-refractivity contribution in [1.82, 2.24) is 9.88 Å². The van der Waals surface area contributed by atoms with Gasteiger partial charge in [0.15, 0.2) is 0 Å². The molecule has 0 bridgehead atoms. The van der Waals surface area contributed by atoms with Crippen LogP contribution in [0.3, 0.4) is 0 Å². The third kappa shape index (κ3) is 4.59. The smallest absolute Gasteiger partial charge is 0.373 e. The minimum atomic E-state index is -4.31. The molecule has 0 aliphatic carbocycles. The van der Waals surface area contributed by atoms with E-state index in [2.05, 4.69) is 10.3 Å². The summed E-state index contributed by atoms with van der Waals surface area (Å²) < 4.78 is 36.3. The zero-order chi connectivity index (χ0) is 14.6. The molecule has 1 heterocycles. The first-order valence-corrected chi connectivity index (χ1v) is 5.79. The fourth-order valence-corrected chi connectivity index (χ4v) is 1.49. The number of hydrogen-bond donors (Lipinski definition) is 1. The summed E-state index contributed by atoms with van der Waals surface area (Å²) in [6.45, 7) is -0.440. The number of nitrogens with zero attached hydrogens (tertiary/aromatic N) is 2. The zero-order valence-corrected chi connectivity index (χ0v) is 11.1. The summed E-state index contributed by atoms with van der Waals surface area (Å²) in [5.41, 5.74) is -0.0711. The maximum atomic E-state index is 12.1. The van der Waals surface area contributed by atoms with E-state index in [1.54, 1.807) is 13.1 Å². The molecular weight excluding hydrogens is 283 g/mol. The molecule has 0 unspecified atom stereocenters. The van der Waals surface area contributed by atoms with E-state index in [1.807, 2.05) is 0 Å². The van der Waals surface area contributed by atoms with Gasteiger partial charge in [-0.3, -0.25) is 4.79 Å². The first-order chi connectivity index (χ1) is 8.74. The minimum Gasteiger partial charge on any atom is -0.373 e. The first-order valence-electron chi connectivity index (χ1n) is 5.41. The molecular formula is C11H13ClF3N3O. The molecule has 0 radical (unpaired) electrons. The molecule has 0 aliphatic rings. The molecule has 1 aromatic heterocycles. The van der Waals surface area contributed by atoms with Crippen molar-refractivity contribution >= 4 is 23.3 Å². The van der Waals surface area contributed by atoms with Gasteiger partial charge < -0.3 is 10.2 Å². The molecule has 8 heteroatoms. The lowest BCUT2D eigenvalue weighted by Gasteiger charge is -2.18. The quantitative estimate of drug-likeness (QED) is 0.929. The largest absolute Gasteiger partial charge is 0.390 e. The summed E-state index contributed by atoms with van der Waals surface area (Å²) in [6.07, 6.45) is -5.38. The number of amides is 1. The summed E-state index contributed by atoms with van der Waals surface area (Å²) in [5, 5.41) is 2.82. The van der Waals surface area contributed by atoms with E-state index in [9.17, 15) is 18.0 Å². The Hall–Kier alpha value is -1.50. The number of carbonyl (C=O) groups is 1. The minimum absolute atomic E-state index is 0.0711. The Labute approximate surface area is 113 Å². The van der Waals surface area contributed by atoms with Crippen molar-refractivity contribution in [2.75, 3.05) is 26.0 Å². The van der Waals surface area contributed by atoms with E-state index >= 15 is 0 Å². The molecule has 0 spiro atoms. The number of rotatable bonds is 4. The van der Waals surface area contributed by atoms with E-state index in [0.717, 1.165) is 4.90 Å². The molecule has 106 valence electrons. The van der Waals surface area contributed by atoms with Crippen molar-refractivity contribution in [1.29, 1.82) is 0 Å². The molecule has 0 aliphatic heterocycles. The van der Waals surface area contributed by atoms with Crippen LogP contribution in [-0.2, 0) is 0 Å². The Balaban J connectivity index is 2.82. The fourth-order valence-electron chi connectivity index (χ4n) is 1.31. The van der Waals surface area contributed by atoms with Crippen LogP contribution in [0, 0.1) is 0 Å². The standard InChI is InChI=1S/C11H13ClF3N3O/c1-16-8-4-3-7(12)9(17-8)10(19)18(2)6-5-11(13,14)15/h3-4H,5-6H2,1-2H3,(H,16,17). The van der Waals surface area contributed by atoms with Crippen LogP contribution in [0.15, 0.2) is 12.1 Å². The van der Waals surface area contributed by atoms with E-state index in [4.69, 9.17) is 11.6 Å². The number of anilines is 1. The van der Waals surface area contributed by atoms with E-state index < -0.39 is 25.0 Å². The van der Waals surface area contributed by atoms with Gasteiger partial charge in [-0.1, -0.05) is 11.6 Å². The van der Waals surface area contributed by atoms with Gasteiger partial charge >= 0.3 is 6.18 Å². The second-order valence-corrected chi connectivity index (χ2v) is 4.28. The molecule has 19 heavy (non-hydrogen) atoms. The van der Waals surface area contributed by atoms with Gasteiger partial charge in [0.25, 0.3) is 5.91 Å². The first kappa shape index (κ1) is 15.6. The van der Waals surface area contributed by atoms with Crippen LogP contribution in [0.1, 0.15) is 16.9 Å². The van der Waals surface area contributed by atoms with Gasteiger partial charge in [-0.25, -0.2) is 4.98 Å². The van der Waals surface area contributed by atoms with Crippen LogP contribution in [-0.4, -0.2) is 42.6 Å². The van der Waals surface area contributed by atoms with Crippen molar-refractivity contribution in [2.24, 2.45) is 0 Å². The maximum absolute atomic E-state index is 12.1. The number of aromatic nitrogens is 1. The van der Waals surface area contributed by atoms with E-state index in [-0.39, 0.29) is 10.7 Å². The second kappa shape index (κ2) is 6.10. The summed E-state index contributed by atoms with van der Waals surface area (Å²) in [5.74, 6) is -0.233. The Morgan fingerprint density at radius 3 is 2.63 bits per heavy atom. The lowest BCUT2D eigenvalue weighted by molar-refractivity contribution is -0.136. The molecule has 1 N–H and O–H groups in total. The molecule has 0 aromatic carbocycles. The topological polar surface area (TPSA) is 45.2 Å². The molecule has 1 rings (SSSR count). The highest BCUT2D eigenvalue weighted by Gasteiger charge is 2.28. The maximum Gasteiger partial charge on any atom is 0.390 e. The second-order valence-electron chi connectivity index (χ2n) is 3.87. The van der Waals surface area contributed by atoms with Crippen molar-refractivity contribution in [2.45, 2.75) is 12.6 Å². The molecule has 0 saturated heterocycles. The van der Waals surface area contributed by atoms with Crippen LogP contribution in [0.2, 0.25) is 5.02 Å². The van der Waals surface area contributed by atoms with Gasteiger partial charge in [0, 0.05) is 20.6 Å². The van der Waals surface area contributed by atoms with Gasteiger partial charge in [0.05, 0.1) is 11.4 Å². The molecule has 1 amide bonds. The van der Waals surface area contributed by atoms with Gasteiger partial charge in [-0.2, -0.15) is 13.2 Å². The highest BCUT2D eigenvalue weighted by atomic mass is 35.5. The number of pyridine rings is 1. The number of alkyl halides is 3. The van der Waals surface area contributed by atoms with Gasteiger partial charge in [0.1, 0.15) is 11.5 Å². The monoisotopic (exact) mass is 295 g/mol. The summed E-state index contributed by atoms with van der Waals surface area (Å²) in [7, 11) is 2.88. The Morgan fingerprint density at radius 2 is 2.11 bits per heavy atom. The van der Waals surface area contributed by atoms with E-state index in [0.29, 0.717) is 5.82 Å². The molecule has 0 atom stereocenters.